The van der Waals surface area contributed by atoms with Gasteiger partial charge in [0.15, 0.2) is 0 Å². The molecule has 2 rings (SSSR count). The second kappa shape index (κ2) is 6.86. The highest BCUT2D eigenvalue weighted by molar-refractivity contribution is 7.99. The number of thioether (sulfide) groups is 1. The Morgan fingerprint density at radius 2 is 2.33 bits per heavy atom. The molecule has 0 aromatic carbocycles. The lowest BCUT2D eigenvalue weighted by Crippen LogP contribution is -2.24. The van der Waals surface area contributed by atoms with Crippen molar-refractivity contribution in [2.24, 2.45) is 0 Å². The van der Waals surface area contributed by atoms with E-state index in [-0.39, 0.29) is 5.91 Å². The zero-order chi connectivity index (χ0) is 12.6. The first-order chi connectivity index (χ1) is 8.84. The fourth-order valence-corrected chi connectivity index (χ4v) is 2.15. The molecular weight excluding hydrogens is 248 g/mol. The summed E-state index contributed by atoms with van der Waals surface area (Å²) in [7, 11) is 0. The number of carbonyl (C=O) groups is 1. The Morgan fingerprint density at radius 3 is 3.06 bits per heavy atom. The van der Waals surface area contributed by atoms with E-state index in [2.05, 4.69) is 10.3 Å². The summed E-state index contributed by atoms with van der Waals surface area (Å²) < 4.78 is 5.18. The Bertz CT molecular complexity index is 471. The number of rotatable bonds is 6. The van der Waals surface area contributed by atoms with Crippen LogP contribution in [0.2, 0.25) is 0 Å². The molecule has 1 amide bonds. The van der Waals surface area contributed by atoms with Crippen LogP contribution in [0.3, 0.4) is 0 Å². The van der Waals surface area contributed by atoms with E-state index in [0.717, 1.165) is 11.3 Å². The van der Waals surface area contributed by atoms with Crippen LogP contribution >= 0.6 is 11.8 Å². The molecular formula is C13H14N2O2S. The van der Waals surface area contributed by atoms with Crippen molar-refractivity contribution in [2.45, 2.75) is 12.3 Å². The van der Waals surface area contributed by atoms with Crippen molar-refractivity contribution in [1.82, 2.24) is 10.3 Å². The zero-order valence-electron chi connectivity index (χ0n) is 9.83. The minimum Gasteiger partial charge on any atom is -0.468 e. The largest absolute Gasteiger partial charge is 0.468 e. The number of aromatic nitrogens is 1. The van der Waals surface area contributed by atoms with E-state index in [1.165, 1.54) is 11.8 Å². The average Bonchev–Trinajstić information content (AvgIpc) is 2.91. The summed E-state index contributed by atoms with van der Waals surface area (Å²) in [6, 6.07) is 7.54. The standard InChI is InChI=1S/C13H14N2O2S/c16-13(10-18-9-12-4-2-6-17-12)15-8-11-3-1-5-14-7-11/h1-7H,8-10H2,(H,15,16). The summed E-state index contributed by atoms with van der Waals surface area (Å²) in [5, 5.41) is 2.85. The minimum absolute atomic E-state index is 0.0235. The lowest BCUT2D eigenvalue weighted by molar-refractivity contribution is -0.118. The summed E-state index contributed by atoms with van der Waals surface area (Å²) in [6.07, 6.45) is 5.10. The molecule has 0 atom stereocenters. The number of nitrogens with zero attached hydrogens (tertiary/aromatic N) is 1. The van der Waals surface area contributed by atoms with Crippen LogP contribution in [0, 0.1) is 0 Å². The first-order valence-corrected chi connectivity index (χ1v) is 6.76. The van der Waals surface area contributed by atoms with Crippen molar-refractivity contribution in [1.29, 1.82) is 0 Å². The first-order valence-electron chi connectivity index (χ1n) is 5.60. The van der Waals surface area contributed by atoms with Crippen molar-refractivity contribution in [3.05, 3.63) is 54.2 Å². The SMILES string of the molecule is O=C(CSCc1ccco1)NCc1cccnc1. The van der Waals surface area contributed by atoms with Gasteiger partial charge >= 0.3 is 0 Å². The van der Waals surface area contributed by atoms with Gasteiger partial charge in [-0.1, -0.05) is 6.07 Å². The van der Waals surface area contributed by atoms with Gasteiger partial charge in [0.2, 0.25) is 5.91 Å². The summed E-state index contributed by atoms with van der Waals surface area (Å²) in [5.74, 6) is 2.06. The summed E-state index contributed by atoms with van der Waals surface area (Å²) in [4.78, 5) is 15.6. The van der Waals surface area contributed by atoms with Crippen LogP contribution in [-0.2, 0) is 17.1 Å². The highest BCUT2D eigenvalue weighted by Crippen LogP contribution is 2.11. The van der Waals surface area contributed by atoms with E-state index < -0.39 is 0 Å². The maximum atomic E-state index is 11.6. The molecule has 0 radical (unpaired) electrons. The first kappa shape index (κ1) is 12.7. The molecule has 0 fully saturated rings. The number of carbonyl (C=O) groups excluding carboxylic acids is 1. The fraction of sp³-hybridized carbons (Fsp3) is 0.231. The Balaban J connectivity index is 1.63. The zero-order valence-corrected chi connectivity index (χ0v) is 10.7. The quantitative estimate of drug-likeness (QED) is 0.867. The molecule has 4 nitrogen and oxygen atoms in total. The normalized spacial score (nSPS) is 10.2. The van der Waals surface area contributed by atoms with Gasteiger partial charge in [0.05, 0.1) is 17.8 Å². The smallest absolute Gasteiger partial charge is 0.230 e. The molecule has 0 saturated carbocycles. The highest BCUT2D eigenvalue weighted by atomic mass is 32.2. The Morgan fingerprint density at radius 1 is 1.39 bits per heavy atom. The second-order valence-corrected chi connectivity index (χ2v) is 4.70. The molecule has 2 heterocycles. The maximum Gasteiger partial charge on any atom is 0.230 e. The number of amides is 1. The van der Waals surface area contributed by atoms with E-state index in [1.807, 2.05) is 24.3 Å². The van der Waals surface area contributed by atoms with E-state index >= 15 is 0 Å². The van der Waals surface area contributed by atoms with Crippen LogP contribution in [0.25, 0.3) is 0 Å². The molecule has 0 aliphatic carbocycles. The van der Waals surface area contributed by atoms with E-state index in [1.54, 1.807) is 18.7 Å². The third kappa shape index (κ3) is 4.25. The van der Waals surface area contributed by atoms with Gasteiger partial charge in [-0.2, -0.15) is 0 Å². The fourth-order valence-electron chi connectivity index (χ4n) is 1.39. The number of pyridine rings is 1. The molecule has 0 saturated heterocycles. The van der Waals surface area contributed by atoms with Crippen molar-refractivity contribution < 1.29 is 9.21 Å². The Kier molecular flexibility index (Phi) is 4.84. The molecule has 0 aliphatic rings. The van der Waals surface area contributed by atoms with Crippen LogP contribution < -0.4 is 5.32 Å². The van der Waals surface area contributed by atoms with Crippen LogP contribution in [0.1, 0.15) is 11.3 Å². The number of furan rings is 1. The minimum atomic E-state index is 0.0235. The molecule has 94 valence electrons. The second-order valence-electron chi connectivity index (χ2n) is 3.71. The van der Waals surface area contributed by atoms with Crippen LogP contribution in [0.5, 0.6) is 0 Å². The van der Waals surface area contributed by atoms with Gasteiger partial charge in [0.1, 0.15) is 5.76 Å². The Hall–Kier alpha value is -1.75. The number of hydrogen-bond donors (Lipinski definition) is 1. The molecule has 0 unspecified atom stereocenters. The molecule has 0 aliphatic heterocycles. The van der Waals surface area contributed by atoms with Crippen molar-refractivity contribution >= 4 is 17.7 Å². The molecule has 5 heteroatoms. The van der Waals surface area contributed by atoms with Crippen molar-refractivity contribution in [3.8, 4) is 0 Å². The molecule has 2 aromatic heterocycles. The highest BCUT2D eigenvalue weighted by Gasteiger charge is 2.03. The lowest BCUT2D eigenvalue weighted by Gasteiger charge is -2.04. The van der Waals surface area contributed by atoms with E-state index in [9.17, 15) is 4.79 Å². The van der Waals surface area contributed by atoms with E-state index in [4.69, 9.17) is 4.42 Å². The molecule has 0 bridgehead atoms. The number of nitrogens with one attached hydrogen (secondary N) is 1. The molecule has 0 spiro atoms. The van der Waals surface area contributed by atoms with Crippen molar-refractivity contribution in [3.63, 3.8) is 0 Å². The summed E-state index contributed by atoms with van der Waals surface area (Å²) >= 11 is 1.53. The predicted molar refractivity (Wildman–Crippen MR) is 71.0 cm³/mol. The van der Waals surface area contributed by atoms with Gasteiger partial charge in [-0.25, -0.2) is 0 Å². The van der Waals surface area contributed by atoms with Gasteiger partial charge in [-0.3, -0.25) is 9.78 Å². The molecule has 18 heavy (non-hydrogen) atoms. The Labute approximate surface area is 110 Å². The van der Waals surface area contributed by atoms with Crippen molar-refractivity contribution in [2.75, 3.05) is 5.75 Å². The molecule has 1 N–H and O–H groups in total. The maximum absolute atomic E-state index is 11.6. The topological polar surface area (TPSA) is 55.1 Å². The van der Waals surface area contributed by atoms with Gasteiger partial charge < -0.3 is 9.73 Å². The molecule has 2 aromatic rings. The van der Waals surface area contributed by atoms with Gasteiger partial charge in [-0.15, -0.1) is 11.8 Å². The lowest BCUT2D eigenvalue weighted by atomic mass is 10.3. The number of hydrogen-bond acceptors (Lipinski definition) is 4. The monoisotopic (exact) mass is 262 g/mol. The third-order valence-electron chi connectivity index (χ3n) is 2.27. The van der Waals surface area contributed by atoms with Crippen LogP contribution in [0.4, 0.5) is 0 Å². The average molecular weight is 262 g/mol. The van der Waals surface area contributed by atoms with Crippen LogP contribution in [0.15, 0.2) is 47.3 Å². The van der Waals surface area contributed by atoms with Gasteiger partial charge in [0, 0.05) is 18.9 Å². The van der Waals surface area contributed by atoms with Gasteiger partial charge in [0.25, 0.3) is 0 Å². The summed E-state index contributed by atoms with van der Waals surface area (Å²) in [5.41, 5.74) is 1.00. The van der Waals surface area contributed by atoms with E-state index in [0.29, 0.717) is 18.1 Å². The van der Waals surface area contributed by atoms with Gasteiger partial charge in [-0.05, 0) is 23.8 Å². The summed E-state index contributed by atoms with van der Waals surface area (Å²) in [6.45, 7) is 0.522. The van der Waals surface area contributed by atoms with Crippen LogP contribution in [-0.4, -0.2) is 16.6 Å². The predicted octanol–water partition coefficient (Wildman–Crippen LogP) is 2.22. The third-order valence-corrected chi connectivity index (χ3v) is 3.23.